The summed E-state index contributed by atoms with van der Waals surface area (Å²) in [4.78, 5) is 22.1. The zero-order valence-electron chi connectivity index (χ0n) is 11.0. The molecule has 0 aliphatic carbocycles. The zero-order valence-corrected chi connectivity index (χ0v) is 11.7. The van der Waals surface area contributed by atoms with Crippen molar-refractivity contribution in [2.24, 2.45) is 0 Å². The molecule has 0 spiro atoms. The second-order valence-electron chi connectivity index (χ2n) is 4.41. The first kappa shape index (κ1) is 14.1. The van der Waals surface area contributed by atoms with Gasteiger partial charge in [-0.3, -0.25) is 10.1 Å². The van der Waals surface area contributed by atoms with Crippen LogP contribution in [0.15, 0.2) is 52.9 Å². The molecular formula is C15H8ClNO5. The largest absolute Gasteiger partial charge is 0.449 e. The van der Waals surface area contributed by atoms with Gasteiger partial charge >= 0.3 is 5.97 Å². The third-order valence-corrected chi connectivity index (χ3v) is 3.25. The van der Waals surface area contributed by atoms with Crippen LogP contribution in [0.1, 0.15) is 10.6 Å². The molecule has 0 N–H and O–H groups in total. The summed E-state index contributed by atoms with van der Waals surface area (Å²) in [6.07, 6.45) is 0. The molecule has 7 heteroatoms. The molecule has 0 unspecified atom stereocenters. The van der Waals surface area contributed by atoms with Gasteiger partial charge in [0.15, 0.2) is 0 Å². The SMILES string of the molecule is O=C(Oc1ccc([N+](=O)[O-])cc1Cl)c1cc2ccccc2o1. The summed E-state index contributed by atoms with van der Waals surface area (Å²) in [6.45, 7) is 0. The molecule has 0 fully saturated rings. The Morgan fingerprint density at radius 3 is 2.64 bits per heavy atom. The van der Waals surface area contributed by atoms with E-state index in [1.54, 1.807) is 24.3 Å². The lowest BCUT2D eigenvalue weighted by molar-refractivity contribution is -0.384. The van der Waals surface area contributed by atoms with Gasteiger partial charge in [0.2, 0.25) is 5.76 Å². The fraction of sp³-hybridized carbons (Fsp3) is 0. The summed E-state index contributed by atoms with van der Waals surface area (Å²) in [5, 5.41) is 11.4. The Bertz CT molecular complexity index is 854. The molecule has 0 bridgehead atoms. The van der Waals surface area contributed by atoms with Crippen molar-refractivity contribution in [1.29, 1.82) is 0 Å². The summed E-state index contributed by atoms with van der Waals surface area (Å²) in [5.41, 5.74) is 0.373. The molecule has 0 saturated heterocycles. The number of fused-ring (bicyclic) bond motifs is 1. The van der Waals surface area contributed by atoms with Crippen molar-refractivity contribution in [2.75, 3.05) is 0 Å². The average molecular weight is 318 g/mol. The number of carbonyl (C=O) groups is 1. The van der Waals surface area contributed by atoms with Gasteiger partial charge in [0.05, 0.1) is 9.95 Å². The van der Waals surface area contributed by atoms with Gasteiger partial charge in [-0.15, -0.1) is 0 Å². The number of benzene rings is 2. The lowest BCUT2D eigenvalue weighted by Crippen LogP contribution is -2.07. The number of nitro benzene ring substituents is 1. The Hall–Kier alpha value is -2.86. The van der Waals surface area contributed by atoms with Crippen LogP contribution in [0, 0.1) is 10.1 Å². The first-order valence-electron chi connectivity index (χ1n) is 6.19. The number of furan rings is 1. The smallest absolute Gasteiger partial charge is 0.379 e. The highest BCUT2D eigenvalue weighted by Gasteiger charge is 2.17. The van der Waals surface area contributed by atoms with Crippen LogP contribution in [0.2, 0.25) is 5.02 Å². The van der Waals surface area contributed by atoms with E-state index >= 15 is 0 Å². The van der Waals surface area contributed by atoms with Gasteiger partial charge in [0.1, 0.15) is 11.3 Å². The van der Waals surface area contributed by atoms with E-state index in [4.69, 9.17) is 20.8 Å². The molecule has 1 heterocycles. The Balaban J connectivity index is 1.86. The monoisotopic (exact) mass is 317 g/mol. The highest BCUT2D eigenvalue weighted by Crippen LogP contribution is 2.29. The van der Waals surface area contributed by atoms with Gasteiger partial charge in [-0.05, 0) is 18.2 Å². The number of para-hydroxylation sites is 1. The number of non-ortho nitro benzene ring substituents is 1. The van der Waals surface area contributed by atoms with Crippen LogP contribution in [-0.4, -0.2) is 10.9 Å². The van der Waals surface area contributed by atoms with Gasteiger partial charge in [-0.25, -0.2) is 4.79 Å². The standard InChI is InChI=1S/C15H8ClNO5/c16-11-8-10(17(19)20)5-6-13(11)22-15(18)14-7-9-3-1-2-4-12(9)21-14/h1-8H. The minimum Gasteiger partial charge on any atom is -0.449 e. The molecule has 0 atom stereocenters. The van der Waals surface area contributed by atoms with Gasteiger partial charge < -0.3 is 9.15 Å². The number of hydrogen-bond acceptors (Lipinski definition) is 5. The number of rotatable bonds is 3. The number of carbonyl (C=O) groups excluding carboxylic acids is 1. The normalized spacial score (nSPS) is 10.6. The number of hydrogen-bond donors (Lipinski definition) is 0. The third kappa shape index (κ3) is 2.64. The molecule has 2 aromatic carbocycles. The summed E-state index contributed by atoms with van der Waals surface area (Å²) in [6, 6.07) is 12.3. The van der Waals surface area contributed by atoms with Crippen molar-refractivity contribution in [3.63, 3.8) is 0 Å². The third-order valence-electron chi connectivity index (χ3n) is 2.96. The van der Waals surface area contributed by atoms with Crippen molar-refractivity contribution in [2.45, 2.75) is 0 Å². The van der Waals surface area contributed by atoms with Crippen LogP contribution in [0.25, 0.3) is 11.0 Å². The summed E-state index contributed by atoms with van der Waals surface area (Å²) in [5.74, 6) is -0.680. The molecule has 1 aromatic heterocycles. The van der Waals surface area contributed by atoms with Gasteiger partial charge in [0.25, 0.3) is 5.69 Å². The molecule has 0 amide bonds. The molecule has 3 rings (SSSR count). The van der Waals surface area contributed by atoms with Crippen LogP contribution in [0.3, 0.4) is 0 Å². The molecule has 0 aliphatic heterocycles. The predicted molar refractivity (Wildman–Crippen MR) is 79.3 cm³/mol. The Morgan fingerprint density at radius 2 is 1.95 bits per heavy atom. The molecule has 0 saturated carbocycles. The van der Waals surface area contributed by atoms with Crippen LogP contribution in [0.4, 0.5) is 5.69 Å². The average Bonchev–Trinajstić information content (AvgIpc) is 2.93. The van der Waals surface area contributed by atoms with Gasteiger partial charge in [-0.2, -0.15) is 0 Å². The highest BCUT2D eigenvalue weighted by atomic mass is 35.5. The van der Waals surface area contributed by atoms with E-state index in [-0.39, 0.29) is 22.2 Å². The number of ether oxygens (including phenoxy) is 1. The lowest BCUT2D eigenvalue weighted by Gasteiger charge is -2.04. The maximum absolute atomic E-state index is 12.0. The van der Waals surface area contributed by atoms with Crippen LogP contribution >= 0.6 is 11.6 Å². The van der Waals surface area contributed by atoms with Crippen molar-refractivity contribution in [3.8, 4) is 5.75 Å². The van der Waals surface area contributed by atoms with E-state index < -0.39 is 10.9 Å². The minimum absolute atomic E-state index is 0.0237. The first-order chi connectivity index (χ1) is 10.5. The second-order valence-corrected chi connectivity index (χ2v) is 4.82. The molecular weight excluding hydrogens is 310 g/mol. The van der Waals surface area contributed by atoms with E-state index in [1.165, 1.54) is 12.1 Å². The van der Waals surface area contributed by atoms with Gasteiger partial charge in [-0.1, -0.05) is 29.8 Å². The van der Waals surface area contributed by atoms with Crippen LogP contribution in [-0.2, 0) is 0 Å². The Kier molecular flexibility index (Phi) is 3.52. The fourth-order valence-electron chi connectivity index (χ4n) is 1.92. The Morgan fingerprint density at radius 1 is 1.18 bits per heavy atom. The minimum atomic E-state index is -0.730. The Labute approximate surface area is 129 Å². The fourth-order valence-corrected chi connectivity index (χ4v) is 2.13. The van der Waals surface area contributed by atoms with Crippen molar-refractivity contribution in [3.05, 3.63) is 69.4 Å². The van der Waals surface area contributed by atoms with E-state index in [1.807, 2.05) is 6.07 Å². The summed E-state index contributed by atoms with van der Waals surface area (Å²) < 4.78 is 10.5. The van der Waals surface area contributed by atoms with Crippen molar-refractivity contribution in [1.82, 2.24) is 0 Å². The number of halogens is 1. The van der Waals surface area contributed by atoms with E-state index in [0.717, 1.165) is 11.5 Å². The second kappa shape index (κ2) is 5.50. The van der Waals surface area contributed by atoms with E-state index in [0.29, 0.717) is 5.58 Å². The molecule has 22 heavy (non-hydrogen) atoms. The maximum atomic E-state index is 12.0. The molecule has 0 aliphatic rings. The van der Waals surface area contributed by atoms with Crippen molar-refractivity contribution < 1.29 is 18.9 Å². The topological polar surface area (TPSA) is 82.6 Å². The molecule has 0 radical (unpaired) electrons. The quantitative estimate of drug-likeness (QED) is 0.313. The van der Waals surface area contributed by atoms with E-state index in [9.17, 15) is 14.9 Å². The van der Waals surface area contributed by atoms with Crippen molar-refractivity contribution >= 4 is 34.2 Å². The summed E-state index contributed by atoms with van der Waals surface area (Å²) >= 11 is 5.87. The van der Waals surface area contributed by atoms with Crippen LogP contribution < -0.4 is 4.74 Å². The molecule has 110 valence electrons. The highest BCUT2D eigenvalue weighted by molar-refractivity contribution is 6.32. The first-order valence-corrected chi connectivity index (χ1v) is 6.57. The number of esters is 1. The lowest BCUT2D eigenvalue weighted by atomic mass is 10.2. The maximum Gasteiger partial charge on any atom is 0.379 e. The van der Waals surface area contributed by atoms with E-state index in [2.05, 4.69) is 0 Å². The van der Waals surface area contributed by atoms with Crippen LogP contribution in [0.5, 0.6) is 5.75 Å². The molecule has 3 aromatic rings. The summed E-state index contributed by atoms with van der Waals surface area (Å²) in [7, 11) is 0. The molecule has 6 nitrogen and oxygen atoms in total. The predicted octanol–water partition coefficient (Wildman–Crippen LogP) is 4.21. The number of nitrogens with zero attached hydrogens (tertiary/aromatic N) is 1. The van der Waals surface area contributed by atoms with Gasteiger partial charge in [0, 0.05) is 17.5 Å². The number of nitro groups is 1. The zero-order chi connectivity index (χ0) is 15.7.